The normalized spacial score (nSPS) is 26.6. The van der Waals surface area contributed by atoms with E-state index in [0.29, 0.717) is 10.8 Å². The van der Waals surface area contributed by atoms with Gasteiger partial charge in [0.1, 0.15) is 16.9 Å². The van der Waals surface area contributed by atoms with Crippen LogP contribution in [-0.2, 0) is 14.3 Å². The molecule has 2 aromatic rings. The van der Waals surface area contributed by atoms with Crippen molar-refractivity contribution in [2.75, 3.05) is 50.6 Å². The lowest BCUT2D eigenvalue weighted by Gasteiger charge is -2.42. The molecule has 5 atom stereocenters. The minimum absolute atomic E-state index is 0.126. The van der Waals surface area contributed by atoms with Crippen LogP contribution in [0.3, 0.4) is 0 Å². The van der Waals surface area contributed by atoms with Crippen molar-refractivity contribution < 1.29 is 19.1 Å². The van der Waals surface area contributed by atoms with Crippen LogP contribution < -0.4 is 10.2 Å². The molecule has 3 fully saturated rings. The van der Waals surface area contributed by atoms with Gasteiger partial charge in [-0.05, 0) is 25.2 Å². The van der Waals surface area contributed by atoms with Gasteiger partial charge in [0.25, 0.3) is 5.91 Å². The summed E-state index contributed by atoms with van der Waals surface area (Å²) in [7, 11) is 3.10. The molecule has 4 aliphatic rings. The molecule has 1 aliphatic carbocycles. The average molecular weight is 540 g/mol. The third-order valence-corrected chi connectivity index (χ3v) is 8.54. The van der Waals surface area contributed by atoms with E-state index in [1.54, 1.807) is 36.6 Å². The lowest BCUT2D eigenvalue weighted by Crippen LogP contribution is -2.66. The summed E-state index contributed by atoms with van der Waals surface area (Å²) in [5.41, 5.74) is 0.780. The van der Waals surface area contributed by atoms with Gasteiger partial charge in [0.15, 0.2) is 12.2 Å². The summed E-state index contributed by atoms with van der Waals surface area (Å²) in [6.45, 7) is 4.10. The Labute approximate surface area is 223 Å². The minimum atomic E-state index is -0.793. The third kappa shape index (κ3) is 4.26. The highest BCUT2D eigenvalue weighted by atomic mass is 32.1. The Morgan fingerprint density at radius 1 is 1.24 bits per heavy atom. The number of aliphatic imine (C=N–C) groups is 1. The van der Waals surface area contributed by atoms with Gasteiger partial charge in [-0.3, -0.25) is 14.5 Å². The number of piperidine rings is 1. The number of ether oxygens (including phenoxy) is 1. The van der Waals surface area contributed by atoms with E-state index in [9.17, 15) is 14.4 Å². The Morgan fingerprint density at radius 3 is 2.68 bits per heavy atom. The van der Waals surface area contributed by atoms with E-state index in [1.165, 1.54) is 36.1 Å². The Bertz CT molecular complexity index is 1270. The van der Waals surface area contributed by atoms with Gasteiger partial charge in [-0.1, -0.05) is 0 Å². The molecule has 0 spiro atoms. The van der Waals surface area contributed by atoms with Gasteiger partial charge in [-0.25, -0.2) is 24.7 Å². The van der Waals surface area contributed by atoms with Gasteiger partial charge in [0, 0.05) is 50.6 Å². The number of fused-ring (bicyclic) bond motifs is 2. The van der Waals surface area contributed by atoms with E-state index >= 15 is 0 Å². The smallest absolute Gasteiger partial charge is 0.328 e. The molecule has 1 N–H and O–H groups in total. The number of thiazole rings is 1. The first-order valence-electron chi connectivity index (χ1n) is 12.6. The molecular weight excluding hydrogens is 510 g/mol. The fraction of sp³-hybridized carbons (Fsp3) is 0.542. The highest BCUT2D eigenvalue weighted by Crippen LogP contribution is 2.45. The first-order chi connectivity index (χ1) is 18.4. The maximum Gasteiger partial charge on any atom is 0.328 e. The standard InChI is InChI=1S/C24H29N9O4S/c1-13(33-12-27-19-18(33)22(35)32(4-5-37-3)24(36)30(19)2)20(34)28-17-11-38-21(29-17)16-7-25-23(26-8-16)31-9-14-6-15(14)10-31/h7-8,11-15,18-19H,4-6,9-10H2,1-3H3,(H,28,34)/t13-,14?,15?,18?,19?/m0/s1. The lowest BCUT2D eigenvalue weighted by molar-refractivity contribution is -0.139. The molecule has 2 aromatic heterocycles. The summed E-state index contributed by atoms with van der Waals surface area (Å²) in [6, 6.07) is -1.96. The van der Waals surface area contributed by atoms with Crippen molar-refractivity contribution >= 4 is 47.3 Å². The number of urea groups is 1. The summed E-state index contributed by atoms with van der Waals surface area (Å²) in [5, 5.41) is 5.29. The zero-order chi connectivity index (χ0) is 26.6. The Hall–Kier alpha value is -3.65. The maximum atomic E-state index is 13.2. The molecule has 4 amide bonds. The second-order valence-corrected chi connectivity index (χ2v) is 10.9. The van der Waals surface area contributed by atoms with E-state index < -0.39 is 30.2 Å². The van der Waals surface area contributed by atoms with Crippen LogP contribution >= 0.6 is 11.3 Å². The maximum absolute atomic E-state index is 13.2. The molecule has 6 rings (SSSR count). The molecule has 1 saturated carbocycles. The van der Waals surface area contributed by atoms with Gasteiger partial charge >= 0.3 is 6.03 Å². The molecule has 14 heteroatoms. The van der Waals surface area contributed by atoms with Crippen molar-refractivity contribution in [3.8, 4) is 10.6 Å². The van der Waals surface area contributed by atoms with Gasteiger partial charge in [-0.15, -0.1) is 11.3 Å². The van der Waals surface area contributed by atoms with E-state index in [0.717, 1.165) is 41.3 Å². The number of carbonyl (C=O) groups excluding carboxylic acids is 3. The highest BCUT2D eigenvalue weighted by Gasteiger charge is 2.51. The molecular formula is C24H29N9O4S. The number of nitrogens with one attached hydrogen (secondary N) is 1. The van der Waals surface area contributed by atoms with Crippen LogP contribution in [0.4, 0.5) is 16.6 Å². The van der Waals surface area contributed by atoms with Gasteiger partial charge in [0.2, 0.25) is 11.9 Å². The van der Waals surface area contributed by atoms with Crippen LogP contribution in [0, 0.1) is 11.8 Å². The number of anilines is 2. The fourth-order valence-electron chi connectivity index (χ4n) is 5.29. The van der Waals surface area contributed by atoms with Crippen molar-refractivity contribution in [1.82, 2.24) is 29.7 Å². The van der Waals surface area contributed by atoms with Crippen LogP contribution in [0.15, 0.2) is 22.8 Å². The third-order valence-electron chi connectivity index (χ3n) is 7.65. The van der Waals surface area contributed by atoms with Crippen molar-refractivity contribution in [2.45, 2.75) is 31.6 Å². The Balaban J connectivity index is 1.10. The van der Waals surface area contributed by atoms with Crippen molar-refractivity contribution in [1.29, 1.82) is 0 Å². The summed E-state index contributed by atoms with van der Waals surface area (Å²) in [6.07, 6.45) is 5.64. The number of amides is 4. The number of likely N-dealkylation sites (N-methyl/N-ethyl adjacent to an activating group) is 1. The van der Waals surface area contributed by atoms with E-state index in [2.05, 4.69) is 30.2 Å². The zero-order valence-electron chi connectivity index (χ0n) is 21.4. The number of nitrogens with zero attached hydrogens (tertiary/aromatic N) is 8. The predicted molar refractivity (Wildman–Crippen MR) is 140 cm³/mol. The molecule has 3 aliphatic heterocycles. The van der Waals surface area contributed by atoms with Crippen LogP contribution in [0.5, 0.6) is 0 Å². The number of aromatic nitrogens is 3. The first-order valence-corrected chi connectivity index (χ1v) is 13.4. The van der Waals surface area contributed by atoms with Gasteiger partial charge < -0.3 is 24.8 Å². The zero-order valence-corrected chi connectivity index (χ0v) is 22.2. The number of imide groups is 1. The summed E-state index contributed by atoms with van der Waals surface area (Å²) < 4.78 is 5.05. The molecule has 0 bridgehead atoms. The Kier molecular flexibility index (Phi) is 6.22. The molecule has 5 heterocycles. The topological polar surface area (TPSA) is 136 Å². The van der Waals surface area contributed by atoms with Gasteiger partial charge in [-0.2, -0.15) is 0 Å². The molecule has 4 unspecified atom stereocenters. The number of methoxy groups -OCH3 is 1. The molecule has 38 heavy (non-hydrogen) atoms. The van der Waals surface area contributed by atoms with Crippen molar-refractivity contribution in [2.24, 2.45) is 16.8 Å². The predicted octanol–water partition coefficient (Wildman–Crippen LogP) is 0.962. The number of hydrogen-bond acceptors (Lipinski definition) is 11. The van der Waals surface area contributed by atoms with Crippen molar-refractivity contribution in [3.63, 3.8) is 0 Å². The number of rotatable bonds is 8. The number of hydrogen-bond donors (Lipinski definition) is 1. The van der Waals surface area contributed by atoms with E-state index in [1.807, 2.05) is 0 Å². The van der Waals surface area contributed by atoms with Crippen LogP contribution in [-0.4, -0.2) is 112 Å². The molecule has 0 radical (unpaired) electrons. The summed E-state index contributed by atoms with van der Waals surface area (Å²) in [4.78, 5) is 63.3. The van der Waals surface area contributed by atoms with Crippen molar-refractivity contribution in [3.05, 3.63) is 17.8 Å². The van der Waals surface area contributed by atoms with Crippen LogP contribution in [0.2, 0.25) is 0 Å². The quantitative estimate of drug-likeness (QED) is 0.520. The lowest BCUT2D eigenvalue weighted by atomic mass is 10.1. The van der Waals surface area contributed by atoms with Gasteiger partial charge in [0.05, 0.1) is 19.5 Å². The largest absolute Gasteiger partial charge is 0.383 e. The highest BCUT2D eigenvalue weighted by molar-refractivity contribution is 7.13. The molecule has 13 nitrogen and oxygen atoms in total. The van der Waals surface area contributed by atoms with E-state index in [-0.39, 0.29) is 19.1 Å². The summed E-state index contributed by atoms with van der Waals surface area (Å²) >= 11 is 1.38. The fourth-order valence-corrected chi connectivity index (χ4v) is 6.02. The van der Waals surface area contributed by atoms with Crippen LogP contribution in [0.1, 0.15) is 13.3 Å². The SMILES string of the molecule is COCCN1C(=O)C2C(N=CN2[C@@H](C)C(=O)Nc2csc(-c3cnc(N4CC5CC5C4)nc3)n2)N(C)C1=O. The second-order valence-electron chi connectivity index (χ2n) is 10.1. The average Bonchev–Trinajstić information content (AvgIpc) is 3.31. The monoisotopic (exact) mass is 539 g/mol. The number of carbonyl (C=O) groups is 3. The minimum Gasteiger partial charge on any atom is -0.383 e. The first kappa shape index (κ1) is 24.7. The Morgan fingerprint density at radius 2 is 1.97 bits per heavy atom. The van der Waals surface area contributed by atoms with E-state index in [4.69, 9.17) is 4.74 Å². The molecule has 0 aromatic carbocycles. The summed E-state index contributed by atoms with van der Waals surface area (Å²) in [5.74, 6) is 2.01. The molecule has 2 saturated heterocycles. The second kappa shape index (κ2) is 9.58. The van der Waals surface area contributed by atoms with Crippen LogP contribution in [0.25, 0.3) is 10.6 Å². The molecule has 200 valence electrons.